The Labute approximate surface area is 123 Å². The average molecular weight is 336 g/mol. The maximum absolute atomic E-state index is 12.7. The number of ether oxygens (including phenoxy) is 1. The first-order chi connectivity index (χ1) is 9.61. The molecule has 130 valence electrons. The quantitative estimate of drug-likeness (QED) is 0.456. The van der Waals surface area contributed by atoms with Gasteiger partial charge in [0.1, 0.15) is 6.10 Å². The van der Waals surface area contributed by atoms with E-state index in [1.807, 2.05) is 0 Å². The van der Waals surface area contributed by atoms with Crippen molar-refractivity contribution in [1.82, 2.24) is 0 Å². The molecule has 9 heteroatoms. The van der Waals surface area contributed by atoms with Gasteiger partial charge < -0.3 is 9.84 Å². The lowest BCUT2D eigenvalue weighted by molar-refractivity contribution is -0.374. The van der Waals surface area contributed by atoms with Crippen molar-refractivity contribution in [2.75, 3.05) is 0 Å². The van der Waals surface area contributed by atoms with E-state index < -0.39 is 36.4 Å². The van der Waals surface area contributed by atoms with E-state index in [1.165, 1.54) is 20.8 Å². The van der Waals surface area contributed by atoms with Crippen LogP contribution < -0.4 is 0 Å². The zero-order chi connectivity index (χ0) is 17.9. The molecule has 0 bridgehead atoms. The van der Waals surface area contributed by atoms with Crippen LogP contribution in [0.25, 0.3) is 0 Å². The van der Waals surface area contributed by atoms with Crippen molar-refractivity contribution in [1.29, 1.82) is 0 Å². The van der Waals surface area contributed by atoms with Crippen LogP contribution in [0.5, 0.6) is 0 Å². The Morgan fingerprint density at radius 2 is 1.55 bits per heavy atom. The molecule has 0 fully saturated rings. The summed E-state index contributed by atoms with van der Waals surface area (Å²) >= 11 is 0. The van der Waals surface area contributed by atoms with Gasteiger partial charge in [0.2, 0.25) is 0 Å². The lowest BCUT2D eigenvalue weighted by atomic mass is 9.90. The number of hydrogen-bond acceptors (Lipinski definition) is 3. The van der Waals surface area contributed by atoms with Gasteiger partial charge in [-0.1, -0.05) is 20.4 Å². The van der Waals surface area contributed by atoms with Crippen molar-refractivity contribution >= 4 is 5.97 Å². The predicted molar refractivity (Wildman–Crippen MR) is 65.8 cm³/mol. The van der Waals surface area contributed by atoms with Crippen molar-refractivity contribution in [3.05, 3.63) is 12.2 Å². The van der Waals surface area contributed by atoms with Crippen molar-refractivity contribution in [2.24, 2.45) is 5.92 Å². The molecule has 3 nitrogen and oxygen atoms in total. The zero-order valence-electron chi connectivity index (χ0n) is 12.3. The maximum Gasteiger partial charge on any atom is 0.426 e. The third-order valence-electron chi connectivity index (χ3n) is 2.82. The molecule has 1 atom stereocenters. The zero-order valence-corrected chi connectivity index (χ0v) is 12.3. The van der Waals surface area contributed by atoms with Crippen LogP contribution in [0.2, 0.25) is 0 Å². The van der Waals surface area contributed by atoms with Crippen LogP contribution in [0, 0.1) is 5.92 Å². The van der Waals surface area contributed by atoms with Gasteiger partial charge in [0, 0.05) is 12.0 Å². The number of aliphatic hydroxyl groups is 1. The molecule has 0 aromatic carbocycles. The van der Waals surface area contributed by atoms with Crippen LogP contribution in [0.15, 0.2) is 12.2 Å². The summed E-state index contributed by atoms with van der Waals surface area (Å²) in [4.78, 5) is 11.4. The van der Waals surface area contributed by atoms with Crippen molar-refractivity contribution in [3.63, 3.8) is 0 Å². The molecule has 0 heterocycles. The fraction of sp³-hybridized carbons (Fsp3) is 0.769. The molecule has 0 saturated heterocycles. The number of halogens is 6. The highest BCUT2D eigenvalue weighted by Gasteiger charge is 2.70. The summed E-state index contributed by atoms with van der Waals surface area (Å²) < 4.78 is 80.6. The van der Waals surface area contributed by atoms with E-state index in [0.29, 0.717) is 0 Å². The summed E-state index contributed by atoms with van der Waals surface area (Å²) in [5.74, 6) is -1.47. The van der Waals surface area contributed by atoms with E-state index in [4.69, 9.17) is 5.11 Å². The highest BCUT2D eigenvalue weighted by atomic mass is 19.4. The SMILES string of the molecule is C=C(C)C(=O)OC(CC(C)C)CC(O)(C(F)(F)F)C(F)(F)F. The molecule has 0 aliphatic heterocycles. The van der Waals surface area contributed by atoms with Gasteiger partial charge in [-0.25, -0.2) is 4.79 Å². The van der Waals surface area contributed by atoms with E-state index in [9.17, 15) is 31.1 Å². The molecular formula is C13H18F6O3. The molecule has 0 saturated carbocycles. The van der Waals surface area contributed by atoms with Gasteiger partial charge in [0.15, 0.2) is 0 Å². The number of hydrogen-bond donors (Lipinski definition) is 1. The van der Waals surface area contributed by atoms with Gasteiger partial charge in [-0.2, -0.15) is 26.3 Å². The second kappa shape index (κ2) is 6.89. The van der Waals surface area contributed by atoms with Gasteiger partial charge in [-0.15, -0.1) is 0 Å². The van der Waals surface area contributed by atoms with Gasteiger partial charge in [-0.05, 0) is 19.3 Å². The van der Waals surface area contributed by atoms with Crippen molar-refractivity contribution in [2.45, 2.75) is 57.7 Å². The van der Waals surface area contributed by atoms with Gasteiger partial charge in [0.05, 0.1) is 0 Å². The standard InChI is InChI=1S/C13H18F6O3/c1-7(2)5-9(22-10(20)8(3)4)6-11(21,12(14,15)16)13(17,18)19/h7,9,21H,3,5-6H2,1-2,4H3. The summed E-state index contributed by atoms with van der Waals surface area (Å²) in [5.41, 5.74) is -5.12. The van der Waals surface area contributed by atoms with Crippen LogP contribution in [-0.4, -0.2) is 35.1 Å². The molecule has 0 aromatic rings. The first-order valence-electron chi connectivity index (χ1n) is 6.34. The molecular weight excluding hydrogens is 318 g/mol. The van der Waals surface area contributed by atoms with Crippen LogP contribution in [0.4, 0.5) is 26.3 Å². The van der Waals surface area contributed by atoms with Gasteiger partial charge >= 0.3 is 18.3 Å². The monoisotopic (exact) mass is 336 g/mol. The van der Waals surface area contributed by atoms with Crippen LogP contribution in [0.3, 0.4) is 0 Å². The Morgan fingerprint density at radius 1 is 1.14 bits per heavy atom. The molecule has 0 aliphatic rings. The fourth-order valence-electron chi connectivity index (χ4n) is 1.67. The first kappa shape index (κ1) is 20.8. The topological polar surface area (TPSA) is 46.5 Å². The number of esters is 1. The van der Waals surface area contributed by atoms with E-state index in [1.54, 1.807) is 0 Å². The van der Waals surface area contributed by atoms with Gasteiger partial charge in [-0.3, -0.25) is 0 Å². The molecule has 0 aromatic heterocycles. The minimum absolute atomic E-state index is 0.170. The number of rotatable bonds is 6. The Morgan fingerprint density at radius 3 is 1.82 bits per heavy atom. The van der Waals surface area contributed by atoms with Crippen LogP contribution in [0.1, 0.15) is 33.6 Å². The third kappa shape index (κ3) is 5.19. The summed E-state index contributed by atoms with van der Waals surface area (Å²) in [6.07, 6.45) is -15.7. The van der Waals surface area contributed by atoms with Crippen molar-refractivity contribution < 1.29 is 41.0 Å². The molecule has 0 aliphatic carbocycles. The Kier molecular flexibility index (Phi) is 6.50. The van der Waals surface area contributed by atoms with E-state index in [-0.39, 0.29) is 17.9 Å². The smallest absolute Gasteiger partial charge is 0.426 e. The molecule has 1 N–H and O–H groups in total. The Balaban J connectivity index is 5.48. The molecule has 0 rings (SSSR count). The van der Waals surface area contributed by atoms with Crippen LogP contribution in [-0.2, 0) is 9.53 Å². The molecule has 0 radical (unpaired) electrons. The summed E-state index contributed by atoms with van der Waals surface area (Å²) in [7, 11) is 0. The lowest BCUT2D eigenvalue weighted by Crippen LogP contribution is -2.58. The second-order valence-electron chi connectivity index (χ2n) is 5.50. The molecule has 0 spiro atoms. The highest BCUT2D eigenvalue weighted by molar-refractivity contribution is 5.87. The lowest BCUT2D eigenvalue weighted by Gasteiger charge is -2.35. The van der Waals surface area contributed by atoms with Crippen LogP contribution >= 0.6 is 0 Å². The Bertz CT molecular complexity index is 397. The predicted octanol–water partition coefficient (Wildman–Crippen LogP) is 3.77. The summed E-state index contributed by atoms with van der Waals surface area (Å²) in [6, 6.07) is 0. The van der Waals surface area contributed by atoms with E-state index in [2.05, 4.69) is 11.3 Å². The average Bonchev–Trinajstić information content (AvgIpc) is 2.24. The van der Waals surface area contributed by atoms with E-state index >= 15 is 0 Å². The second-order valence-corrected chi connectivity index (χ2v) is 5.50. The number of carbonyl (C=O) groups is 1. The van der Waals surface area contributed by atoms with Crippen molar-refractivity contribution in [3.8, 4) is 0 Å². The minimum Gasteiger partial charge on any atom is -0.459 e. The molecule has 1 unspecified atom stereocenters. The normalized spacial score (nSPS) is 14.9. The maximum atomic E-state index is 12.7. The van der Waals surface area contributed by atoms with E-state index in [0.717, 1.165) is 0 Å². The fourth-order valence-corrected chi connectivity index (χ4v) is 1.67. The highest BCUT2D eigenvalue weighted by Crippen LogP contribution is 2.46. The largest absolute Gasteiger partial charge is 0.459 e. The first-order valence-corrected chi connectivity index (χ1v) is 6.34. The summed E-state index contributed by atoms with van der Waals surface area (Å²) in [5, 5.41) is 9.16. The minimum atomic E-state index is -5.95. The summed E-state index contributed by atoms with van der Waals surface area (Å²) in [6.45, 7) is 7.46. The molecule has 22 heavy (non-hydrogen) atoms. The number of alkyl halides is 6. The molecule has 0 amide bonds. The Hall–Kier alpha value is -1.25. The third-order valence-corrected chi connectivity index (χ3v) is 2.82. The number of carbonyl (C=O) groups excluding carboxylic acids is 1. The van der Waals surface area contributed by atoms with Gasteiger partial charge in [0.25, 0.3) is 5.60 Å².